The molecule has 21 heavy (non-hydrogen) atoms. The van der Waals surface area contributed by atoms with Crippen molar-refractivity contribution in [1.29, 1.82) is 0 Å². The highest BCUT2D eigenvalue weighted by molar-refractivity contribution is 7.11. The van der Waals surface area contributed by atoms with Crippen LogP contribution in [0, 0.1) is 22.9 Å². The molecule has 0 fully saturated rings. The van der Waals surface area contributed by atoms with Crippen LogP contribution in [0.25, 0.3) is 0 Å². The summed E-state index contributed by atoms with van der Waals surface area (Å²) in [6.07, 6.45) is 1.67. The maximum Gasteiger partial charge on any atom is 0.282 e. The second-order valence-corrected chi connectivity index (χ2v) is 5.69. The van der Waals surface area contributed by atoms with Crippen molar-refractivity contribution < 1.29 is 14.1 Å². The van der Waals surface area contributed by atoms with Crippen LogP contribution in [0.4, 0.5) is 10.1 Å². The highest BCUT2D eigenvalue weighted by Crippen LogP contribution is 2.22. The van der Waals surface area contributed by atoms with Gasteiger partial charge in [-0.05, 0) is 26.0 Å². The van der Waals surface area contributed by atoms with E-state index in [4.69, 9.17) is 0 Å². The van der Waals surface area contributed by atoms with Gasteiger partial charge in [0, 0.05) is 17.1 Å². The quantitative estimate of drug-likeness (QED) is 0.695. The van der Waals surface area contributed by atoms with Gasteiger partial charge in [0.25, 0.3) is 11.6 Å². The van der Waals surface area contributed by atoms with Gasteiger partial charge >= 0.3 is 0 Å². The molecular weight excluding hydrogens is 297 g/mol. The number of amides is 1. The predicted octanol–water partition coefficient (Wildman–Crippen LogP) is 2.99. The average molecular weight is 309 g/mol. The molecule has 2 aromatic rings. The molecule has 0 saturated heterocycles. The molecule has 0 aliphatic carbocycles. The number of thiazole rings is 1. The van der Waals surface area contributed by atoms with Gasteiger partial charge < -0.3 is 5.32 Å². The number of nitrogens with one attached hydrogen (secondary N) is 1. The molecule has 8 heteroatoms. The molecular formula is C13H12FN3O3S. The van der Waals surface area contributed by atoms with Crippen molar-refractivity contribution in [2.45, 2.75) is 19.9 Å². The first kappa shape index (κ1) is 15.0. The maximum atomic E-state index is 13.2. The number of aryl methyl sites for hydroxylation is 1. The van der Waals surface area contributed by atoms with E-state index in [2.05, 4.69) is 10.3 Å². The zero-order valence-electron chi connectivity index (χ0n) is 11.3. The molecule has 0 aliphatic rings. The standard InChI is InChI=1S/C13H12FN3O3S/c1-7-6-15-13(21-7)8(2)16-12(18)10-5-9(14)3-4-11(10)17(19)20/h3-6,8H,1-2H3,(H,16,18). The summed E-state index contributed by atoms with van der Waals surface area (Å²) < 4.78 is 13.2. The molecule has 110 valence electrons. The molecule has 1 atom stereocenters. The third kappa shape index (κ3) is 3.40. The summed E-state index contributed by atoms with van der Waals surface area (Å²) in [5.41, 5.74) is -0.739. The predicted molar refractivity (Wildman–Crippen MR) is 75.8 cm³/mol. The Morgan fingerprint density at radius 2 is 2.24 bits per heavy atom. The second kappa shape index (κ2) is 5.96. The Labute approximate surface area is 123 Å². The summed E-state index contributed by atoms with van der Waals surface area (Å²) in [5, 5.41) is 14.2. The molecule has 0 radical (unpaired) electrons. The number of carbonyl (C=O) groups is 1. The summed E-state index contributed by atoms with van der Waals surface area (Å²) in [5.74, 6) is -1.41. The van der Waals surface area contributed by atoms with E-state index in [1.54, 1.807) is 13.1 Å². The molecule has 0 bridgehead atoms. The van der Waals surface area contributed by atoms with Gasteiger partial charge in [0.05, 0.1) is 11.0 Å². The molecule has 2 rings (SSSR count). The number of hydrogen-bond acceptors (Lipinski definition) is 5. The van der Waals surface area contributed by atoms with Gasteiger partial charge in [0.2, 0.25) is 0 Å². The number of hydrogen-bond donors (Lipinski definition) is 1. The number of carbonyl (C=O) groups excluding carboxylic acids is 1. The number of nitrogens with zero attached hydrogens (tertiary/aromatic N) is 2. The van der Waals surface area contributed by atoms with Crippen molar-refractivity contribution >= 4 is 22.9 Å². The van der Waals surface area contributed by atoms with Gasteiger partial charge in [0.15, 0.2) is 0 Å². The lowest BCUT2D eigenvalue weighted by Crippen LogP contribution is -2.27. The lowest BCUT2D eigenvalue weighted by Gasteiger charge is -2.11. The van der Waals surface area contributed by atoms with Crippen molar-refractivity contribution in [3.63, 3.8) is 0 Å². The second-order valence-electron chi connectivity index (χ2n) is 4.42. The Morgan fingerprint density at radius 1 is 1.52 bits per heavy atom. The van der Waals surface area contributed by atoms with Crippen LogP contribution in [0.5, 0.6) is 0 Å². The van der Waals surface area contributed by atoms with E-state index in [9.17, 15) is 19.3 Å². The fourth-order valence-electron chi connectivity index (χ4n) is 1.76. The third-order valence-electron chi connectivity index (χ3n) is 2.76. The van der Waals surface area contributed by atoms with Gasteiger partial charge in [-0.15, -0.1) is 11.3 Å². The highest BCUT2D eigenvalue weighted by atomic mass is 32.1. The van der Waals surface area contributed by atoms with Crippen molar-refractivity contribution in [1.82, 2.24) is 10.3 Å². The van der Waals surface area contributed by atoms with E-state index in [-0.39, 0.29) is 5.56 Å². The zero-order chi connectivity index (χ0) is 15.6. The SMILES string of the molecule is Cc1cnc(C(C)NC(=O)c2cc(F)ccc2[N+](=O)[O-])s1. The molecule has 6 nitrogen and oxygen atoms in total. The van der Waals surface area contributed by atoms with Crippen molar-refractivity contribution in [3.05, 3.63) is 55.8 Å². The first-order valence-electron chi connectivity index (χ1n) is 6.05. The zero-order valence-corrected chi connectivity index (χ0v) is 12.1. The van der Waals surface area contributed by atoms with Gasteiger partial charge in [-0.3, -0.25) is 14.9 Å². The molecule has 1 heterocycles. The smallest absolute Gasteiger partial charge is 0.282 e. The van der Waals surface area contributed by atoms with Crippen LogP contribution < -0.4 is 5.32 Å². The minimum absolute atomic E-state index is 0.305. The summed E-state index contributed by atoms with van der Waals surface area (Å²) >= 11 is 1.41. The minimum Gasteiger partial charge on any atom is -0.343 e. The number of aromatic nitrogens is 1. The van der Waals surface area contributed by atoms with E-state index >= 15 is 0 Å². The Kier molecular flexibility index (Phi) is 4.27. The van der Waals surface area contributed by atoms with Crippen LogP contribution >= 0.6 is 11.3 Å². The van der Waals surface area contributed by atoms with Gasteiger partial charge in [0.1, 0.15) is 16.4 Å². The number of nitro groups is 1. The van der Waals surface area contributed by atoms with Crippen molar-refractivity contribution in [3.8, 4) is 0 Å². The molecule has 1 unspecified atom stereocenters. The summed E-state index contributed by atoms with van der Waals surface area (Å²) in [7, 11) is 0. The first-order valence-corrected chi connectivity index (χ1v) is 6.87. The van der Waals surface area contributed by atoms with Gasteiger partial charge in [-0.25, -0.2) is 9.37 Å². The summed E-state index contributed by atoms with van der Waals surface area (Å²) in [6.45, 7) is 3.59. The van der Waals surface area contributed by atoms with Crippen LogP contribution in [-0.2, 0) is 0 Å². The molecule has 0 spiro atoms. The van der Waals surface area contributed by atoms with Crippen LogP contribution in [0.2, 0.25) is 0 Å². The van der Waals surface area contributed by atoms with Crippen LogP contribution in [-0.4, -0.2) is 15.8 Å². The van der Waals surface area contributed by atoms with Crippen LogP contribution in [0.15, 0.2) is 24.4 Å². The highest BCUT2D eigenvalue weighted by Gasteiger charge is 2.23. The maximum absolute atomic E-state index is 13.2. The van der Waals surface area contributed by atoms with Crippen LogP contribution in [0.1, 0.15) is 33.2 Å². The van der Waals surface area contributed by atoms with Gasteiger partial charge in [-0.2, -0.15) is 0 Å². The molecule has 1 amide bonds. The largest absolute Gasteiger partial charge is 0.343 e. The summed E-state index contributed by atoms with van der Waals surface area (Å²) in [4.78, 5) is 27.4. The fourth-order valence-corrected chi connectivity index (χ4v) is 2.53. The number of rotatable bonds is 4. The monoisotopic (exact) mass is 309 g/mol. The molecule has 1 aromatic carbocycles. The first-order chi connectivity index (χ1) is 9.88. The van der Waals surface area contributed by atoms with Crippen molar-refractivity contribution in [2.75, 3.05) is 0 Å². The fraction of sp³-hybridized carbons (Fsp3) is 0.231. The Morgan fingerprint density at radius 3 is 2.81 bits per heavy atom. The van der Waals surface area contributed by atoms with E-state index in [0.29, 0.717) is 5.01 Å². The number of benzene rings is 1. The third-order valence-corrected chi connectivity index (χ3v) is 3.85. The molecule has 1 N–H and O–H groups in total. The van der Waals surface area contributed by atoms with E-state index in [1.165, 1.54) is 11.3 Å². The molecule has 1 aromatic heterocycles. The Balaban J connectivity index is 2.24. The normalized spacial score (nSPS) is 12.0. The van der Waals surface area contributed by atoms with E-state index in [0.717, 1.165) is 23.1 Å². The molecule has 0 saturated carbocycles. The van der Waals surface area contributed by atoms with Crippen LogP contribution in [0.3, 0.4) is 0 Å². The molecule has 0 aliphatic heterocycles. The lowest BCUT2D eigenvalue weighted by atomic mass is 10.1. The van der Waals surface area contributed by atoms with E-state index in [1.807, 2.05) is 6.92 Å². The van der Waals surface area contributed by atoms with Gasteiger partial charge in [-0.1, -0.05) is 0 Å². The minimum atomic E-state index is -0.716. The lowest BCUT2D eigenvalue weighted by molar-refractivity contribution is -0.385. The average Bonchev–Trinajstić information content (AvgIpc) is 2.85. The number of halogens is 1. The van der Waals surface area contributed by atoms with Crippen molar-refractivity contribution in [2.24, 2.45) is 0 Å². The summed E-state index contributed by atoms with van der Waals surface area (Å²) in [6, 6.07) is 2.36. The van der Waals surface area contributed by atoms with E-state index < -0.39 is 28.4 Å². The number of nitro benzene ring substituents is 1. The topological polar surface area (TPSA) is 85.1 Å². The Hall–Kier alpha value is -2.35. The Bertz CT molecular complexity index is 702.